The first kappa shape index (κ1) is 19.4. The van der Waals surface area contributed by atoms with E-state index in [-0.39, 0.29) is 17.7 Å². The lowest BCUT2D eigenvalue weighted by atomic mass is 9.95. The highest BCUT2D eigenvalue weighted by molar-refractivity contribution is 6.30. The Bertz CT molecular complexity index is 828. The number of nitrogens with zero attached hydrogens (tertiary/aromatic N) is 2. The SMILES string of the molecule is Cc1cc(C)cc(N(C)C(=O)C2CCCN(C(=O)c3ccc(Cl)cc3)C2)c1. The molecule has 3 rings (SSSR count). The molecule has 2 aromatic carbocycles. The van der Waals surface area contributed by atoms with Crippen molar-refractivity contribution in [3.05, 3.63) is 64.2 Å². The van der Waals surface area contributed by atoms with E-state index < -0.39 is 0 Å². The number of benzene rings is 2. The van der Waals surface area contributed by atoms with Crippen molar-refractivity contribution < 1.29 is 9.59 Å². The minimum atomic E-state index is -0.180. The van der Waals surface area contributed by atoms with Gasteiger partial charge in [-0.3, -0.25) is 9.59 Å². The van der Waals surface area contributed by atoms with Crippen molar-refractivity contribution in [2.45, 2.75) is 26.7 Å². The molecule has 0 N–H and O–H groups in total. The summed E-state index contributed by atoms with van der Waals surface area (Å²) in [5.41, 5.74) is 3.77. The van der Waals surface area contributed by atoms with Gasteiger partial charge in [0.15, 0.2) is 0 Å². The van der Waals surface area contributed by atoms with Gasteiger partial charge in [0.25, 0.3) is 5.91 Å². The molecule has 5 heteroatoms. The Kier molecular flexibility index (Phi) is 5.85. The number of hydrogen-bond donors (Lipinski definition) is 0. The second kappa shape index (κ2) is 8.13. The largest absolute Gasteiger partial charge is 0.338 e. The Morgan fingerprint density at radius 1 is 1.07 bits per heavy atom. The smallest absolute Gasteiger partial charge is 0.253 e. The number of hydrogen-bond acceptors (Lipinski definition) is 2. The summed E-state index contributed by atoms with van der Waals surface area (Å²) in [6.45, 7) is 5.19. The topological polar surface area (TPSA) is 40.6 Å². The second-order valence-electron chi connectivity index (χ2n) is 7.34. The van der Waals surface area contributed by atoms with Gasteiger partial charge in [0, 0.05) is 36.4 Å². The average molecular weight is 385 g/mol. The monoisotopic (exact) mass is 384 g/mol. The van der Waals surface area contributed by atoms with Gasteiger partial charge in [-0.05, 0) is 74.2 Å². The zero-order valence-electron chi connectivity index (χ0n) is 16.0. The molecule has 1 aliphatic heterocycles. The molecule has 27 heavy (non-hydrogen) atoms. The third-order valence-electron chi connectivity index (χ3n) is 5.07. The Hall–Kier alpha value is -2.33. The number of halogens is 1. The van der Waals surface area contributed by atoms with Gasteiger partial charge in [-0.1, -0.05) is 17.7 Å². The highest BCUT2D eigenvalue weighted by Gasteiger charge is 2.31. The van der Waals surface area contributed by atoms with Crippen LogP contribution in [0.2, 0.25) is 5.02 Å². The first-order valence-electron chi connectivity index (χ1n) is 9.26. The lowest BCUT2D eigenvalue weighted by Crippen LogP contribution is -2.46. The normalized spacial score (nSPS) is 16.9. The third-order valence-corrected chi connectivity index (χ3v) is 5.33. The summed E-state index contributed by atoms with van der Waals surface area (Å²) < 4.78 is 0. The van der Waals surface area contributed by atoms with Crippen molar-refractivity contribution in [2.24, 2.45) is 5.92 Å². The van der Waals surface area contributed by atoms with E-state index in [0.29, 0.717) is 23.7 Å². The minimum Gasteiger partial charge on any atom is -0.338 e. The first-order chi connectivity index (χ1) is 12.8. The van der Waals surface area contributed by atoms with E-state index in [0.717, 1.165) is 29.7 Å². The Labute approximate surface area is 165 Å². The molecule has 0 aromatic heterocycles. The third kappa shape index (κ3) is 4.51. The van der Waals surface area contributed by atoms with Crippen LogP contribution in [0.5, 0.6) is 0 Å². The van der Waals surface area contributed by atoms with E-state index in [1.165, 1.54) is 0 Å². The average Bonchev–Trinajstić information content (AvgIpc) is 2.66. The number of aryl methyl sites for hydroxylation is 2. The van der Waals surface area contributed by atoms with E-state index in [4.69, 9.17) is 11.6 Å². The number of anilines is 1. The summed E-state index contributed by atoms with van der Waals surface area (Å²) in [7, 11) is 1.82. The Balaban J connectivity index is 1.72. The van der Waals surface area contributed by atoms with Crippen LogP contribution >= 0.6 is 11.6 Å². The van der Waals surface area contributed by atoms with Gasteiger partial charge >= 0.3 is 0 Å². The summed E-state index contributed by atoms with van der Waals surface area (Å²) in [4.78, 5) is 29.3. The molecule has 0 radical (unpaired) electrons. The summed E-state index contributed by atoms with van der Waals surface area (Å²) in [6.07, 6.45) is 1.63. The molecule has 4 nitrogen and oxygen atoms in total. The zero-order valence-corrected chi connectivity index (χ0v) is 16.8. The summed E-state index contributed by atoms with van der Waals surface area (Å²) in [5.74, 6) is -0.160. The van der Waals surface area contributed by atoms with Crippen LogP contribution < -0.4 is 4.90 Å². The van der Waals surface area contributed by atoms with Crippen LogP contribution in [0, 0.1) is 19.8 Å². The molecule has 142 valence electrons. The van der Waals surface area contributed by atoms with Crippen molar-refractivity contribution >= 4 is 29.1 Å². The molecular weight excluding hydrogens is 360 g/mol. The van der Waals surface area contributed by atoms with Gasteiger partial charge in [-0.15, -0.1) is 0 Å². The van der Waals surface area contributed by atoms with Crippen molar-refractivity contribution in [1.82, 2.24) is 4.90 Å². The molecule has 1 saturated heterocycles. The molecule has 2 amide bonds. The van der Waals surface area contributed by atoms with Crippen LogP contribution in [-0.4, -0.2) is 36.9 Å². The maximum Gasteiger partial charge on any atom is 0.253 e. The van der Waals surface area contributed by atoms with Gasteiger partial charge in [0.05, 0.1) is 5.92 Å². The fourth-order valence-corrected chi connectivity index (χ4v) is 3.81. The molecule has 2 aromatic rings. The first-order valence-corrected chi connectivity index (χ1v) is 9.63. The highest BCUT2D eigenvalue weighted by Crippen LogP contribution is 2.24. The number of piperidine rings is 1. The molecule has 1 aliphatic rings. The predicted molar refractivity (Wildman–Crippen MR) is 109 cm³/mol. The molecule has 0 spiro atoms. The van der Waals surface area contributed by atoms with Crippen molar-refractivity contribution in [1.29, 1.82) is 0 Å². The van der Waals surface area contributed by atoms with Crippen LogP contribution in [0.4, 0.5) is 5.69 Å². The lowest BCUT2D eigenvalue weighted by molar-refractivity contribution is -0.123. The fraction of sp³-hybridized carbons (Fsp3) is 0.364. The molecule has 0 saturated carbocycles. The molecule has 1 atom stereocenters. The molecule has 1 heterocycles. The van der Waals surface area contributed by atoms with Crippen LogP contribution in [0.25, 0.3) is 0 Å². The van der Waals surface area contributed by atoms with E-state index in [9.17, 15) is 9.59 Å². The Morgan fingerprint density at radius 3 is 2.33 bits per heavy atom. The van der Waals surface area contributed by atoms with Gasteiger partial charge < -0.3 is 9.80 Å². The zero-order chi connectivity index (χ0) is 19.6. The van der Waals surface area contributed by atoms with Crippen molar-refractivity contribution in [2.75, 3.05) is 25.0 Å². The summed E-state index contributed by atoms with van der Waals surface area (Å²) in [5, 5.41) is 0.605. The maximum absolute atomic E-state index is 13.0. The fourth-order valence-electron chi connectivity index (χ4n) is 3.68. The standard InChI is InChI=1S/C22H25ClN2O2/c1-15-11-16(2)13-20(12-15)24(3)21(26)18-5-4-10-25(14-18)22(27)17-6-8-19(23)9-7-17/h6-9,11-13,18H,4-5,10,14H2,1-3H3. The van der Waals surface area contributed by atoms with Crippen LogP contribution in [0.3, 0.4) is 0 Å². The van der Waals surface area contributed by atoms with E-state index in [1.54, 1.807) is 34.1 Å². The minimum absolute atomic E-state index is 0.0433. The summed E-state index contributed by atoms with van der Waals surface area (Å²) >= 11 is 5.91. The number of carbonyl (C=O) groups excluding carboxylic acids is 2. The maximum atomic E-state index is 13.0. The van der Waals surface area contributed by atoms with Crippen LogP contribution in [-0.2, 0) is 4.79 Å². The van der Waals surface area contributed by atoms with Crippen molar-refractivity contribution in [3.8, 4) is 0 Å². The second-order valence-corrected chi connectivity index (χ2v) is 7.78. The lowest BCUT2D eigenvalue weighted by Gasteiger charge is -2.34. The predicted octanol–water partition coefficient (Wildman–Crippen LogP) is 4.47. The Morgan fingerprint density at radius 2 is 1.70 bits per heavy atom. The van der Waals surface area contributed by atoms with Crippen LogP contribution in [0.1, 0.15) is 34.3 Å². The van der Waals surface area contributed by atoms with E-state index >= 15 is 0 Å². The molecule has 0 aliphatic carbocycles. The molecular formula is C22H25ClN2O2. The van der Waals surface area contributed by atoms with E-state index in [2.05, 4.69) is 6.07 Å². The number of rotatable bonds is 3. The molecule has 1 fully saturated rings. The molecule has 1 unspecified atom stereocenters. The summed E-state index contributed by atoms with van der Waals surface area (Å²) in [6, 6.07) is 13.0. The van der Waals surface area contributed by atoms with Gasteiger partial charge in [-0.25, -0.2) is 0 Å². The van der Waals surface area contributed by atoms with Gasteiger partial charge in [0.2, 0.25) is 5.91 Å². The molecule has 0 bridgehead atoms. The van der Waals surface area contributed by atoms with Crippen molar-refractivity contribution in [3.63, 3.8) is 0 Å². The number of carbonyl (C=O) groups is 2. The van der Waals surface area contributed by atoms with Gasteiger partial charge in [-0.2, -0.15) is 0 Å². The highest BCUT2D eigenvalue weighted by atomic mass is 35.5. The quantitative estimate of drug-likeness (QED) is 0.783. The number of likely N-dealkylation sites (tertiary alicyclic amines) is 1. The van der Waals surface area contributed by atoms with Gasteiger partial charge in [0.1, 0.15) is 0 Å². The number of amides is 2. The van der Waals surface area contributed by atoms with E-state index in [1.807, 2.05) is 33.0 Å². The van der Waals surface area contributed by atoms with Crippen LogP contribution in [0.15, 0.2) is 42.5 Å².